The van der Waals surface area contributed by atoms with E-state index in [0.717, 1.165) is 4.48 Å². The summed E-state index contributed by atoms with van der Waals surface area (Å²) in [6.45, 7) is 1.48. The van der Waals surface area contributed by atoms with Crippen molar-refractivity contribution in [1.82, 2.24) is 4.48 Å². The molecule has 6 heteroatoms. The molecule has 0 bridgehead atoms. The van der Waals surface area contributed by atoms with E-state index in [1.54, 1.807) is 0 Å². The van der Waals surface area contributed by atoms with Gasteiger partial charge in [0.1, 0.15) is 5.69 Å². The number of nitrogens with zero attached hydrogens (tertiary/aromatic N) is 1. The minimum absolute atomic E-state index is 0. The van der Waals surface area contributed by atoms with Crippen LogP contribution in [0, 0.1) is 6.92 Å². The number of hydrogen-bond acceptors (Lipinski definition) is 2. The van der Waals surface area contributed by atoms with Crippen molar-refractivity contribution < 1.29 is 19.8 Å². The third kappa shape index (κ3) is 5.56. The normalized spacial score (nSPS) is 10.4. The Bertz CT molecular complexity index is 956. The fourth-order valence-corrected chi connectivity index (χ4v) is 2.89. The van der Waals surface area contributed by atoms with E-state index in [1.165, 1.54) is 41.6 Å². The van der Waals surface area contributed by atoms with Crippen LogP contribution < -0.4 is 4.48 Å². The van der Waals surface area contributed by atoms with Gasteiger partial charge in [0, 0.05) is 5.39 Å². The van der Waals surface area contributed by atoms with Gasteiger partial charge in [0.05, 0.1) is 32.3 Å². The minimum atomic E-state index is -1.11. The molecule has 0 atom stereocenters. The maximum absolute atomic E-state index is 10.6. The average Bonchev–Trinajstić information content (AvgIpc) is 2.60. The van der Waals surface area contributed by atoms with E-state index in [1.807, 2.05) is 0 Å². The van der Waals surface area contributed by atoms with Gasteiger partial charge in [-0.05, 0) is 42.1 Å². The molecule has 2 N–H and O–H groups in total. The number of carbonyl (C=O) groups is 2. The Morgan fingerprint density at radius 1 is 0.750 bits per heavy atom. The third-order valence-corrected chi connectivity index (χ3v) is 4.28. The van der Waals surface area contributed by atoms with E-state index in [9.17, 15) is 9.59 Å². The van der Waals surface area contributed by atoms with Crippen molar-refractivity contribution in [3.8, 4) is 0 Å². The molecule has 5 nitrogen and oxygen atoms in total. The van der Waals surface area contributed by atoms with Gasteiger partial charge in [0.15, 0.2) is 0 Å². The van der Waals surface area contributed by atoms with E-state index < -0.39 is 11.9 Å². The zero-order valence-corrected chi connectivity index (χ0v) is 15.9. The van der Waals surface area contributed by atoms with Crippen LogP contribution in [0.5, 0.6) is 0 Å². The number of hydrogen-bond donors (Lipinski definition) is 2. The SMILES string of the molecule is C[N+](C)(C)c1cccc2ccccc12.Cc1c(C(=O)O)cccc1C(=O)O.[SnH4]. The molecule has 0 radical (unpaired) electrons. The van der Waals surface area contributed by atoms with Crippen molar-refractivity contribution in [1.29, 1.82) is 0 Å². The Labute approximate surface area is 181 Å². The van der Waals surface area contributed by atoms with Gasteiger partial charge in [-0.2, -0.15) is 0 Å². The molecular weight excluding hydrogens is 461 g/mol. The molecule has 0 aromatic heterocycles. The molecule has 0 amide bonds. The zero-order valence-electron chi connectivity index (χ0n) is 15.9. The van der Waals surface area contributed by atoms with Crippen LogP contribution in [0.15, 0.2) is 60.7 Å². The Morgan fingerprint density at radius 2 is 1.21 bits per heavy atom. The van der Waals surface area contributed by atoms with Crippen LogP contribution >= 0.6 is 0 Å². The topological polar surface area (TPSA) is 74.6 Å². The molecule has 0 spiro atoms. The maximum atomic E-state index is 10.6. The molecule has 0 heterocycles. The van der Waals surface area contributed by atoms with Gasteiger partial charge in [0.2, 0.25) is 0 Å². The molecule has 28 heavy (non-hydrogen) atoms. The van der Waals surface area contributed by atoms with Gasteiger partial charge >= 0.3 is 35.8 Å². The summed E-state index contributed by atoms with van der Waals surface area (Å²) in [5.41, 5.74) is 1.70. The van der Waals surface area contributed by atoms with Gasteiger partial charge in [-0.3, -0.25) is 4.48 Å². The summed E-state index contributed by atoms with van der Waals surface area (Å²) in [5.74, 6) is -2.22. The number of aromatic carboxylic acids is 2. The quantitative estimate of drug-likeness (QED) is 0.439. The molecular formula is C22H28NO4Sn+. The van der Waals surface area contributed by atoms with Gasteiger partial charge in [-0.1, -0.05) is 36.4 Å². The standard InChI is InChI=1S/C13H16N.C9H8O4.Sn.4H/c1-14(2,3)13-10-6-8-11-7-4-5-9-12(11)13;1-5-6(8(10)11)3-2-4-7(5)9(12)13;;;;;/h4-10H,1-3H3;2-4H,1H3,(H,10,11)(H,12,13);;;;;/q+1;;;;;;. The first kappa shape index (κ1) is 23.7. The van der Waals surface area contributed by atoms with Crippen molar-refractivity contribution in [3.05, 3.63) is 77.4 Å². The Hall–Kier alpha value is -2.38. The van der Waals surface area contributed by atoms with Crippen LogP contribution in [-0.4, -0.2) is 67.2 Å². The first-order valence-corrected chi connectivity index (χ1v) is 8.49. The molecule has 3 aromatic carbocycles. The summed E-state index contributed by atoms with van der Waals surface area (Å²) in [6.07, 6.45) is 0. The van der Waals surface area contributed by atoms with E-state index >= 15 is 0 Å². The third-order valence-electron chi connectivity index (χ3n) is 4.28. The van der Waals surface area contributed by atoms with E-state index in [0.29, 0.717) is 0 Å². The van der Waals surface area contributed by atoms with Crippen molar-refractivity contribution >= 4 is 52.3 Å². The second kappa shape index (κ2) is 9.70. The number of quaternary nitrogens is 1. The fraction of sp³-hybridized carbons (Fsp3) is 0.182. The molecule has 0 fully saturated rings. The summed E-state index contributed by atoms with van der Waals surface area (Å²) in [5, 5.41) is 20.0. The van der Waals surface area contributed by atoms with Crippen molar-refractivity contribution in [2.75, 3.05) is 21.1 Å². The zero-order chi connectivity index (χ0) is 20.2. The summed E-state index contributed by atoms with van der Waals surface area (Å²) < 4.78 is 0.862. The fourth-order valence-electron chi connectivity index (χ4n) is 2.89. The van der Waals surface area contributed by atoms with E-state index in [4.69, 9.17) is 10.2 Å². The number of carboxylic acid groups (broad SMARTS) is 2. The predicted octanol–water partition coefficient (Wildman–Crippen LogP) is 2.98. The Kier molecular flexibility index (Phi) is 8.20. The van der Waals surface area contributed by atoms with Crippen LogP contribution in [0.2, 0.25) is 0 Å². The van der Waals surface area contributed by atoms with Crippen LogP contribution in [0.25, 0.3) is 10.8 Å². The number of benzene rings is 3. The summed E-state index contributed by atoms with van der Waals surface area (Å²) in [6, 6.07) is 19.2. The Morgan fingerprint density at radius 3 is 1.71 bits per heavy atom. The summed E-state index contributed by atoms with van der Waals surface area (Å²) in [4.78, 5) is 21.2. The van der Waals surface area contributed by atoms with Gasteiger partial charge in [-0.25, -0.2) is 9.59 Å². The monoisotopic (exact) mass is 490 g/mol. The summed E-state index contributed by atoms with van der Waals surface area (Å²) in [7, 11) is 6.59. The molecule has 3 aromatic rings. The molecule has 0 unspecified atom stereocenters. The second-order valence-electron chi connectivity index (χ2n) is 7.10. The van der Waals surface area contributed by atoms with Gasteiger partial charge in [0.25, 0.3) is 0 Å². The van der Waals surface area contributed by atoms with Gasteiger partial charge in [-0.15, -0.1) is 0 Å². The average molecular weight is 489 g/mol. The number of fused-ring (bicyclic) bond motifs is 1. The van der Waals surface area contributed by atoms with Crippen LogP contribution in [0.1, 0.15) is 26.3 Å². The van der Waals surface area contributed by atoms with Crippen molar-refractivity contribution in [2.45, 2.75) is 6.92 Å². The Balaban J connectivity index is 0.000000271. The first-order valence-electron chi connectivity index (χ1n) is 8.49. The van der Waals surface area contributed by atoms with Crippen LogP contribution in [0.4, 0.5) is 5.69 Å². The summed E-state index contributed by atoms with van der Waals surface area (Å²) >= 11 is 0. The first-order chi connectivity index (χ1) is 12.6. The molecule has 0 saturated carbocycles. The molecule has 0 aliphatic rings. The second-order valence-corrected chi connectivity index (χ2v) is 7.10. The van der Waals surface area contributed by atoms with E-state index in [2.05, 4.69) is 63.6 Å². The van der Waals surface area contributed by atoms with Crippen molar-refractivity contribution in [2.24, 2.45) is 0 Å². The molecule has 148 valence electrons. The number of carboxylic acids is 2. The van der Waals surface area contributed by atoms with Crippen LogP contribution in [-0.2, 0) is 0 Å². The molecule has 0 aliphatic heterocycles. The molecule has 0 saturated heterocycles. The molecule has 0 aliphatic carbocycles. The molecule has 3 rings (SSSR count). The van der Waals surface area contributed by atoms with Gasteiger partial charge < -0.3 is 10.2 Å². The predicted molar refractivity (Wildman–Crippen MR) is 120 cm³/mol. The number of rotatable bonds is 3. The van der Waals surface area contributed by atoms with E-state index in [-0.39, 0.29) is 40.6 Å². The van der Waals surface area contributed by atoms with Crippen LogP contribution in [0.3, 0.4) is 0 Å². The van der Waals surface area contributed by atoms with Crippen molar-refractivity contribution in [3.63, 3.8) is 0 Å².